The predicted molar refractivity (Wildman–Crippen MR) is 71.2 cm³/mol. The maximum absolute atomic E-state index is 13.3. The Kier molecular flexibility index (Phi) is 5.38. The van der Waals surface area contributed by atoms with Crippen LogP contribution in [0.15, 0.2) is 23.1 Å². The van der Waals surface area contributed by atoms with E-state index in [1.165, 1.54) is 0 Å². The van der Waals surface area contributed by atoms with Crippen LogP contribution in [0.25, 0.3) is 0 Å². The molecule has 0 radical (unpaired) electrons. The molecule has 0 fully saturated rings. The molecule has 0 spiro atoms. The third kappa shape index (κ3) is 3.55. The van der Waals surface area contributed by atoms with Crippen molar-refractivity contribution in [2.45, 2.75) is 42.6 Å². The summed E-state index contributed by atoms with van der Waals surface area (Å²) in [6, 6.07) is 2.25. The zero-order chi connectivity index (χ0) is 16.4. The SMILES string of the molecule is CCC(c1ccc(F)cc1S(=O)(=O)C(F)(F)F)C(C)NC. The van der Waals surface area contributed by atoms with E-state index >= 15 is 0 Å². The van der Waals surface area contributed by atoms with Crippen LogP contribution in [0.5, 0.6) is 0 Å². The zero-order valence-corrected chi connectivity index (χ0v) is 12.6. The molecule has 1 rings (SSSR count). The molecule has 2 atom stereocenters. The Morgan fingerprint density at radius 1 is 1.29 bits per heavy atom. The first-order valence-corrected chi connectivity index (χ1v) is 7.82. The van der Waals surface area contributed by atoms with Crippen LogP contribution in [-0.2, 0) is 9.84 Å². The van der Waals surface area contributed by atoms with Gasteiger partial charge in [0.2, 0.25) is 0 Å². The van der Waals surface area contributed by atoms with E-state index in [0.29, 0.717) is 12.5 Å². The van der Waals surface area contributed by atoms with Crippen molar-refractivity contribution in [2.75, 3.05) is 7.05 Å². The lowest BCUT2D eigenvalue weighted by Crippen LogP contribution is -2.31. The second kappa shape index (κ2) is 6.31. The number of sulfone groups is 1. The molecule has 1 aromatic carbocycles. The summed E-state index contributed by atoms with van der Waals surface area (Å²) in [6.07, 6.45) is 0.411. The lowest BCUT2D eigenvalue weighted by atomic mass is 9.90. The van der Waals surface area contributed by atoms with Gasteiger partial charge in [0.25, 0.3) is 9.84 Å². The molecule has 1 N–H and O–H groups in total. The van der Waals surface area contributed by atoms with Crippen molar-refractivity contribution in [2.24, 2.45) is 0 Å². The number of alkyl halides is 3. The van der Waals surface area contributed by atoms with Gasteiger partial charge in [-0.05, 0) is 44.0 Å². The molecule has 0 heterocycles. The fourth-order valence-electron chi connectivity index (χ4n) is 2.22. The van der Waals surface area contributed by atoms with Crippen LogP contribution < -0.4 is 5.32 Å². The Labute approximate surface area is 121 Å². The molecule has 0 bridgehead atoms. The third-order valence-corrected chi connectivity index (χ3v) is 5.01. The van der Waals surface area contributed by atoms with Crippen molar-refractivity contribution in [3.63, 3.8) is 0 Å². The number of rotatable bonds is 5. The molecule has 0 aliphatic heterocycles. The lowest BCUT2D eigenvalue weighted by molar-refractivity contribution is -0.0436. The Balaban J connectivity index is 3.56. The van der Waals surface area contributed by atoms with Crippen LogP contribution in [0.4, 0.5) is 17.6 Å². The first-order chi connectivity index (χ1) is 9.56. The van der Waals surface area contributed by atoms with Crippen LogP contribution in [0.2, 0.25) is 0 Å². The summed E-state index contributed by atoms with van der Waals surface area (Å²) < 4.78 is 74.8. The molecule has 0 saturated heterocycles. The van der Waals surface area contributed by atoms with Crippen LogP contribution >= 0.6 is 0 Å². The highest BCUT2D eigenvalue weighted by Gasteiger charge is 2.48. The minimum absolute atomic E-state index is 0.0296. The number of hydrogen-bond acceptors (Lipinski definition) is 3. The lowest BCUT2D eigenvalue weighted by Gasteiger charge is -2.25. The van der Waals surface area contributed by atoms with E-state index in [1.807, 2.05) is 0 Å². The number of benzene rings is 1. The minimum Gasteiger partial charge on any atom is -0.317 e. The normalized spacial score (nSPS) is 15.8. The van der Waals surface area contributed by atoms with E-state index in [0.717, 1.165) is 12.1 Å². The highest BCUT2D eigenvalue weighted by Crippen LogP contribution is 2.37. The van der Waals surface area contributed by atoms with E-state index < -0.39 is 32.0 Å². The van der Waals surface area contributed by atoms with Crippen molar-refractivity contribution in [3.05, 3.63) is 29.6 Å². The topological polar surface area (TPSA) is 46.2 Å². The van der Waals surface area contributed by atoms with Gasteiger partial charge in [0.15, 0.2) is 0 Å². The average Bonchev–Trinajstić information content (AvgIpc) is 2.39. The molecular formula is C13H17F4NO2S. The Morgan fingerprint density at radius 3 is 2.29 bits per heavy atom. The molecule has 3 nitrogen and oxygen atoms in total. The summed E-state index contributed by atoms with van der Waals surface area (Å²) >= 11 is 0. The smallest absolute Gasteiger partial charge is 0.317 e. The molecule has 120 valence electrons. The number of nitrogens with one attached hydrogen (secondary N) is 1. The van der Waals surface area contributed by atoms with E-state index in [2.05, 4.69) is 5.32 Å². The van der Waals surface area contributed by atoms with Gasteiger partial charge in [-0.25, -0.2) is 12.8 Å². The molecule has 0 aliphatic rings. The van der Waals surface area contributed by atoms with Crippen molar-refractivity contribution in [3.8, 4) is 0 Å². The van der Waals surface area contributed by atoms with E-state index in [4.69, 9.17) is 0 Å². The number of hydrogen-bond donors (Lipinski definition) is 1. The quantitative estimate of drug-likeness (QED) is 0.845. The monoisotopic (exact) mass is 327 g/mol. The Morgan fingerprint density at radius 2 is 1.86 bits per heavy atom. The summed E-state index contributed by atoms with van der Waals surface area (Å²) in [5.74, 6) is -1.50. The maximum atomic E-state index is 13.3. The molecule has 8 heteroatoms. The van der Waals surface area contributed by atoms with Gasteiger partial charge in [0, 0.05) is 6.04 Å². The first-order valence-electron chi connectivity index (χ1n) is 6.34. The molecule has 1 aromatic rings. The summed E-state index contributed by atoms with van der Waals surface area (Å²) in [6.45, 7) is 3.45. The highest BCUT2D eigenvalue weighted by atomic mass is 32.2. The van der Waals surface area contributed by atoms with Crippen LogP contribution in [-0.4, -0.2) is 27.0 Å². The van der Waals surface area contributed by atoms with Crippen molar-refractivity contribution in [1.82, 2.24) is 5.32 Å². The van der Waals surface area contributed by atoms with Gasteiger partial charge in [0.05, 0.1) is 4.90 Å². The second-order valence-corrected chi connectivity index (χ2v) is 6.63. The van der Waals surface area contributed by atoms with Crippen LogP contribution in [0, 0.1) is 5.82 Å². The van der Waals surface area contributed by atoms with Gasteiger partial charge in [0.1, 0.15) is 5.82 Å². The minimum atomic E-state index is -5.59. The van der Waals surface area contributed by atoms with E-state index in [9.17, 15) is 26.0 Å². The molecule has 0 aliphatic carbocycles. The summed E-state index contributed by atoms with van der Waals surface area (Å²) in [5.41, 5.74) is -5.49. The largest absolute Gasteiger partial charge is 0.501 e. The van der Waals surface area contributed by atoms with E-state index in [1.54, 1.807) is 20.9 Å². The number of likely N-dealkylation sites (N-methyl/N-ethyl adjacent to an activating group) is 1. The Hall–Kier alpha value is -1.15. The summed E-state index contributed by atoms with van der Waals surface area (Å²) in [7, 11) is -3.97. The summed E-state index contributed by atoms with van der Waals surface area (Å²) in [5, 5.41) is 2.88. The van der Waals surface area contributed by atoms with Gasteiger partial charge in [-0.2, -0.15) is 13.2 Å². The van der Waals surface area contributed by atoms with Gasteiger partial charge >= 0.3 is 5.51 Å². The maximum Gasteiger partial charge on any atom is 0.501 e. The number of halogens is 4. The van der Waals surface area contributed by atoms with Crippen molar-refractivity contribution >= 4 is 9.84 Å². The van der Waals surface area contributed by atoms with Gasteiger partial charge < -0.3 is 5.32 Å². The standard InChI is InChI=1S/C13H17F4NO2S/c1-4-10(8(2)18-3)11-6-5-9(14)7-12(11)21(19,20)13(15,16)17/h5-8,10,18H,4H2,1-3H3. The summed E-state index contributed by atoms with van der Waals surface area (Å²) in [4.78, 5) is -1.01. The molecule has 0 aromatic heterocycles. The van der Waals surface area contributed by atoms with E-state index in [-0.39, 0.29) is 11.6 Å². The fourth-order valence-corrected chi connectivity index (χ4v) is 3.26. The molecule has 0 amide bonds. The van der Waals surface area contributed by atoms with Gasteiger partial charge in [-0.15, -0.1) is 0 Å². The van der Waals surface area contributed by atoms with Crippen molar-refractivity contribution in [1.29, 1.82) is 0 Å². The van der Waals surface area contributed by atoms with Crippen molar-refractivity contribution < 1.29 is 26.0 Å². The molecular weight excluding hydrogens is 310 g/mol. The van der Waals surface area contributed by atoms with Gasteiger partial charge in [-0.1, -0.05) is 13.0 Å². The molecule has 2 unspecified atom stereocenters. The van der Waals surface area contributed by atoms with Crippen LogP contribution in [0.1, 0.15) is 31.7 Å². The highest BCUT2D eigenvalue weighted by molar-refractivity contribution is 7.92. The first kappa shape index (κ1) is 17.9. The van der Waals surface area contributed by atoms with Gasteiger partial charge in [-0.3, -0.25) is 0 Å². The Bertz CT molecular complexity index is 599. The molecule has 0 saturated carbocycles. The zero-order valence-electron chi connectivity index (χ0n) is 11.8. The van der Waals surface area contributed by atoms with Crippen LogP contribution in [0.3, 0.4) is 0 Å². The molecule has 21 heavy (non-hydrogen) atoms. The fraction of sp³-hybridized carbons (Fsp3) is 0.538. The second-order valence-electron chi connectivity index (χ2n) is 4.72. The third-order valence-electron chi connectivity index (χ3n) is 3.47. The average molecular weight is 327 g/mol. The predicted octanol–water partition coefficient (Wildman–Crippen LogP) is 3.22.